The topological polar surface area (TPSA) is 65.3 Å². The van der Waals surface area contributed by atoms with Crippen LogP contribution in [0.4, 0.5) is 18.9 Å². The highest BCUT2D eigenvalue weighted by molar-refractivity contribution is 5.88. The molecule has 0 atom stereocenters. The molecule has 1 heterocycles. The van der Waals surface area contributed by atoms with Gasteiger partial charge in [-0.2, -0.15) is 0 Å². The van der Waals surface area contributed by atoms with Gasteiger partial charge < -0.3 is 4.74 Å². The molecule has 0 bridgehead atoms. The Morgan fingerprint density at radius 1 is 1.28 bits per heavy atom. The number of nitrogens with zero attached hydrogens (tertiary/aromatic N) is 2. The second-order valence-electron chi connectivity index (χ2n) is 3.30. The maximum atomic E-state index is 12.0. The van der Waals surface area contributed by atoms with Gasteiger partial charge in [-0.15, -0.1) is 13.2 Å². The van der Waals surface area contributed by atoms with Crippen molar-refractivity contribution in [2.24, 2.45) is 0 Å². The third kappa shape index (κ3) is 2.47. The molecule has 0 spiro atoms. The molecule has 18 heavy (non-hydrogen) atoms. The van der Waals surface area contributed by atoms with Gasteiger partial charge in [-0.3, -0.25) is 10.1 Å². The SMILES string of the molecule is O=[N+]([O-])c1cc(OC(F)(F)F)nc2ccccc12. The zero-order valence-corrected chi connectivity index (χ0v) is 8.64. The lowest BCUT2D eigenvalue weighted by Crippen LogP contribution is -2.18. The van der Waals surface area contributed by atoms with Gasteiger partial charge in [0.05, 0.1) is 21.9 Å². The summed E-state index contributed by atoms with van der Waals surface area (Å²) in [7, 11) is 0. The Morgan fingerprint density at radius 2 is 1.94 bits per heavy atom. The van der Waals surface area contributed by atoms with Gasteiger partial charge in [0.2, 0.25) is 5.88 Å². The first-order chi connectivity index (χ1) is 8.37. The molecule has 0 aliphatic heterocycles. The minimum Gasteiger partial charge on any atom is -0.388 e. The van der Waals surface area contributed by atoms with Crippen molar-refractivity contribution in [2.75, 3.05) is 0 Å². The third-order valence-corrected chi connectivity index (χ3v) is 2.09. The Bertz CT molecular complexity index is 613. The van der Waals surface area contributed by atoms with E-state index in [1.54, 1.807) is 0 Å². The van der Waals surface area contributed by atoms with Crippen LogP contribution < -0.4 is 4.74 Å². The van der Waals surface area contributed by atoms with E-state index in [1.807, 2.05) is 0 Å². The molecule has 0 fully saturated rings. The van der Waals surface area contributed by atoms with Crippen LogP contribution in [0.25, 0.3) is 10.9 Å². The van der Waals surface area contributed by atoms with Crippen molar-refractivity contribution < 1.29 is 22.8 Å². The maximum absolute atomic E-state index is 12.0. The molecule has 8 heteroatoms. The molecular formula is C10H5F3N2O3. The fourth-order valence-electron chi connectivity index (χ4n) is 1.46. The van der Waals surface area contributed by atoms with E-state index < -0.39 is 22.9 Å². The smallest absolute Gasteiger partial charge is 0.388 e. The number of aromatic nitrogens is 1. The average Bonchev–Trinajstić information content (AvgIpc) is 2.25. The highest BCUT2D eigenvalue weighted by Crippen LogP contribution is 2.30. The van der Waals surface area contributed by atoms with E-state index in [0.29, 0.717) is 6.07 Å². The van der Waals surface area contributed by atoms with Crippen molar-refractivity contribution in [2.45, 2.75) is 6.36 Å². The molecule has 0 saturated heterocycles. The largest absolute Gasteiger partial charge is 0.574 e. The standard InChI is InChI=1S/C10H5F3N2O3/c11-10(12,13)18-9-5-8(15(16)17)6-3-1-2-4-7(6)14-9/h1-5H. The van der Waals surface area contributed by atoms with Crippen molar-refractivity contribution >= 4 is 16.6 Å². The molecule has 2 rings (SSSR count). The molecule has 0 saturated carbocycles. The highest BCUT2D eigenvalue weighted by Gasteiger charge is 2.32. The summed E-state index contributed by atoms with van der Waals surface area (Å²) in [5, 5.41) is 10.9. The Labute approximate surface area is 98.0 Å². The predicted octanol–water partition coefficient (Wildman–Crippen LogP) is 3.04. The van der Waals surface area contributed by atoms with Crippen molar-refractivity contribution in [3.05, 3.63) is 40.4 Å². The van der Waals surface area contributed by atoms with Gasteiger partial charge in [0.1, 0.15) is 0 Å². The molecule has 2 aromatic rings. The van der Waals surface area contributed by atoms with Crippen LogP contribution in [-0.4, -0.2) is 16.3 Å². The molecule has 1 aromatic heterocycles. The number of halogens is 3. The van der Waals surface area contributed by atoms with Crippen LogP contribution in [0.1, 0.15) is 0 Å². The molecule has 0 radical (unpaired) electrons. The van der Waals surface area contributed by atoms with E-state index in [9.17, 15) is 23.3 Å². The number of rotatable bonds is 2. The van der Waals surface area contributed by atoms with Crippen LogP contribution in [0.2, 0.25) is 0 Å². The number of hydrogen-bond acceptors (Lipinski definition) is 4. The number of nitro groups is 1. The van der Waals surface area contributed by atoms with E-state index in [-0.39, 0.29) is 10.9 Å². The lowest BCUT2D eigenvalue weighted by Gasteiger charge is -2.08. The van der Waals surface area contributed by atoms with Crippen molar-refractivity contribution in [3.8, 4) is 5.88 Å². The summed E-state index contributed by atoms with van der Waals surface area (Å²) < 4.78 is 39.7. The first-order valence-electron chi connectivity index (χ1n) is 4.67. The van der Waals surface area contributed by atoms with E-state index in [2.05, 4.69) is 9.72 Å². The van der Waals surface area contributed by atoms with Gasteiger partial charge in [-0.1, -0.05) is 12.1 Å². The van der Waals surface area contributed by atoms with Crippen molar-refractivity contribution in [3.63, 3.8) is 0 Å². The van der Waals surface area contributed by atoms with E-state index in [0.717, 1.165) is 0 Å². The third-order valence-electron chi connectivity index (χ3n) is 2.09. The maximum Gasteiger partial charge on any atom is 0.574 e. The Hall–Kier alpha value is -2.38. The number of alkyl halides is 3. The molecular weight excluding hydrogens is 253 g/mol. The lowest BCUT2D eigenvalue weighted by molar-refractivity contribution is -0.383. The van der Waals surface area contributed by atoms with Gasteiger partial charge in [-0.05, 0) is 12.1 Å². The van der Waals surface area contributed by atoms with Crippen LogP contribution >= 0.6 is 0 Å². The van der Waals surface area contributed by atoms with Crippen molar-refractivity contribution in [1.29, 1.82) is 0 Å². The van der Waals surface area contributed by atoms with E-state index >= 15 is 0 Å². The van der Waals surface area contributed by atoms with Gasteiger partial charge >= 0.3 is 6.36 Å². The predicted molar refractivity (Wildman–Crippen MR) is 55.1 cm³/mol. The number of pyridine rings is 1. The van der Waals surface area contributed by atoms with Crippen molar-refractivity contribution in [1.82, 2.24) is 4.98 Å². The number of benzene rings is 1. The highest BCUT2D eigenvalue weighted by atomic mass is 19.4. The van der Waals surface area contributed by atoms with Gasteiger partial charge in [-0.25, -0.2) is 4.98 Å². The summed E-state index contributed by atoms with van der Waals surface area (Å²) >= 11 is 0. The Kier molecular flexibility index (Phi) is 2.77. The van der Waals surface area contributed by atoms with Crippen LogP contribution in [0.5, 0.6) is 5.88 Å². The minimum absolute atomic E-state index is 0.0611. The normalized spacial score (nSPS) is 11.5. The minimum atomic E-state index is -4.94. The summed E-state index contributed by atoms with van der Waals surface area (Å²) in [5.41, 5.74) is -0.425. The van der Waals surface area contributed by atoms with Crippen LogP contribution in [0, 0.1) is 10.1 Å². The average molecular weight is 258 g/mol. The van der Waals surface area contributed by atoms with Crippen LogP contribution in [-0.2, 0) is 0 Å². The Morgan fingerprint density at radius 3 is 2.56 bits per heavy atom. The zero-order valence-electron chi connectivity index (χ0n) is 8.64. The summed E-state index contributed by atoms with van der Waals surface area (Å²) in [5.74, 6) is -0.854. The summed E-state index contributed by atoms with van der Waals surface area (Å²) in [6, 6.07) is 6.46. The second kappa shape index (κ2) is 4.13. The number of hydrogen-bond donors (Lipinski definition) is 0. The molecule has 1 aromatic carbocycles. The Balaban J connectivity index is 2.61. The van der Waals surface area contributed by atoms with E-state index in [1.165, 1.54) is 24.3 Å². The monoisotopic (exact) mass is 258 g/mol. The van der Waals surface area contributed by atoms with Gasteiger partial charge in [0.15, 0.2) is 0 Å². The molecule has 0 amide bonds. The summed E-state index contributed by atoms with van der Waals surface area (Å²) in [6.07, 6.45) is -4.94. The quantitative estimate of drug-likeness (QED) is 0.613. The number of fused-ring (bicyclic) bond motifs is 1. The first kappa shape index (κ1) is 12.1. The fourth-order valence-corrected chi connectivity index (χ4v) is 1.46. The van der Waals surface area contributed by atoms with E-state index in [4.69, 9.17) is 0 Å². The lowest BCUT2D eigenvalue weighted by atomic mass is 10.2. The molecule has 94 valence electrons. The molecule has 0 aliphatic carbocycles. The summed E-state index contributed by atoms with van der Waals surface area (Å²) in [4.78, 5) is 13.5. The van der Waals surface area contributed by atoms with Gasteiger partial charge in [0.25, 0.3) is 5.69 Å². The fraction of sp³-hybridized carbons (Fsp3) is 0.100. The van der Waals surface area contributed by atoms with Crippen LogP contribution in [0.15, 0.2) is 30.3 Å². The van der Waals surface area contributed by atoms with Crippen LogP contribution in [0.3, 0.4) is 0 Å². The molecule has 0 unspecified atom stereocenters. The number of ether oxygens (including phenoxy) is 1. The summed E-state index contributed by atoms with van der Waals surface area (Å²) in [6.45, 7) is 0. The molecule has 5 nitrogen and oxygen atoms in total. The van der Waals surface area contributed by atoms with Gasteiger partial charge in [0, 0.05) is 0 Å². The first-order valence-corrected chi connectivity index (χ1v) is 4.67. The molecule has 0 N–H and O–H groups in total. The molecule has 0 aliphatic rings. The second-order valence-corrected chi connectivity index (χ2v) is 3.30. The number of para-hydroxylation sites is 1. The zero-order chi connectivity index (χ0) is 13.3.